The highest BCUT2D eigenvalue weighted by molar-refractivity contribution is 5.46. The molecule has 0 spiro atoms. The second-order valence-electron chi connectivity index (χ2n) is 3.82. The molecule has 0 aliphatic heterocycles. The molecule has 0 saturated carbocycles. The normalized spacial score (nSPS) is 7.87. The molecular formula is C19H45N3O. The molecule has 4 heteroatoms. The number of nitrogens with one attached hydrogen (secondary N) is 1. The largest absolute Gasteiger partial charge is 0.345 e. The number of allylic oxidation sites excluding steroid dienone is 3. The fourth-order valence-corrected chi connectivity index (χ4v) is 0.971. The van der Waals surface area contributed by atoms with Crippen LogP contribution >= 0.6 is 0 Å². The van der Waals surface area contributed by atoms with E-state index in [1.165, 1.54) is 0 Å². The van der Waals surface area contributed by atoms with Gasteiger partial charge in [0, 0.05) is 13.1 Å². The van der Waals surface area contributed by atoms with Crippen LogP contribution in [0.5, 0.6) is 0 Å². The predicted molar refractivity (Wildman–Crippen MR) is 109 cm³/mol. The third-order valence-electron chi connectivity index (χ3n) is 2.00. The Morgan fingerprint density at radius 3 is 1.65 bits per heavy atom. The van der Waals surface area contributed by atoms with Crippen molar-refractivity contribution in [3.8, 4) is 0 Å². The molecular weight excluding hydrogens is 286 g/mol. The van der Waals surface area contributed by atoms with Crippen molar-refractivity contribution in [2.24, 2.45) is 5.73 Å². The van der Waals surface area contributed by atoms with Crippen LogP contribution in [-0.2, 0) is 4.79 Å². The van der Waals surface area contributed by atoms with Gasteiger partial charge in [-0.25, -0.2) is 0 Å². The zero-order valence-electron chi connectivity index (χ0n) is 17.2. The average molecular weight is 332 g/mol. The van der Waals surface area contributed by atoms with Gasteiger partial charge in [-0.3, -0.25) is 4.79 Å². The summed E-state index contributed by atoms with van der Waals surface area (Å²) in [6, 6.07) is 0. The molecule has 0 saturated heterocycles. The summed E-state index contributed by atoms with van der Waals surface area (Å²) in [5, 5.41) is 3.04. The molecule has 1 amide bonds. The molecule has 0 radical (unpaired) electrons. The lowest BCUT2D eigenvalue weighted by atomic mass is 10.3. The first-order valence-electron chi connectivity index (χ1n) is 8.86. The monoisotopic (exact) mass is 331 g/mol. The minimum absolute atomic E-state index is 0.649. The Morgan fingerprint density at radius 2 is 1.39 bits per heavy atom. The first kappa shape index (κ1) is 33.5. The van der Waals surface area contributed by atoms with Crippen LogP contribution in [0.1, 0.15) is 61.3 Å². The predicted octanol–water partition coefficient (Wildman–Crippen LogP) is 4.23. The number of hydrogen-bond acceptors (Lipinski definition) is 3. The standard InChI is InChI=1S/C8H19N3O.C4H8.C3H6.2C2H6/c1-10-5-3-7-11(8-12)6-2-4-9;1-3-4-2;1-3-2;2*1-2/h8,10H,2-7,9H2,1H3;3-4H,1-2H3;3H,1H2,2H3;2*1-2H3/b;4-3-;;;. The Morgan fingerprint density at radius 1 is 1.00 bits per heavy atom. The Bertz CT molecular complexity index is 191. The van der Waals surface area contributed by atoms with Crippen LogP contribution in [0.15, 0.2) is 24.8 Å². The van der Waals surface area contributed by atoms with E-state index in [1.807, 2.05) is 67.7 Å². The molecule has 3 N–H and O–H groups in total. The molecule has 0 fully saturated rings. The number of rotatable bonds is 8. The summed E-state index contributed by atoms with van der Waals surface area (Å²) in [6.07, 6.45) is 8.53. The Balaban J connectivity index is -0.0000000812. The number of nitrogens with zero attached hydrogens (tertiary/aromatic N) is 1. The fourth-order valence-electron chi connectivity index (χ4n) is 0.971. The number of nitrogens with two attached hydrogens (primary N) is 1. The number of carbonyl (C=O) groups is 1. The molecule has 0 unspecified atom stereocenters. The summed E-state index contributed by atoms with van der Waals surface area (Å²) in [4.78, 5) is 12.2. The van der Waals surface area contributed by atoms with Crippen LogP contribution in [0.4, 0.5) is 0 Å². The molecule has 0 atom stereocenters. The highest BCUT2D eigenvalue weighted by Gasteiger charge is 1.98. The van der Waals surface area contributed by atoms with E-state index in [0.29, 0.717) is 6.54 Å². The molecule has 4 nitrogen and oxygen atoms in total. The van der Waals surface area contributed by atoms with Gasteiger partial charge in [0.25, 0.3) is 0 Å². The van der Waals surface area contributed by atoms with Crippen LogP contribution < -0.4 is 11.1 Å². The van der Waals surface area contributed by atoms with Gasteiger partial charge in [0.15, 0.2) is 0 Å². The average Bonchev–Trinajstić information content (AvgIpc) is 2.62. The molecule has 0 aliphatic rings. The van der Waals surface area contributed by atoms with Gasteiger partial charge in [-0.05, 0) is 53.8 Å². The first-order valence-corrected chi connectivity index (χ1v) is 8.86. The number of hydrogen-bond donors (Lipinski definition) is 2. The molecule has 0 aliphatic carbocycles. The summed E-state index contributed by atoms with van der Waals surface area (Å²) in [6.45, 7) is 20.5. The minimum atomic E-state index is 0.649. The quantitative estimate of drug-likeness (QED) is 0.397. The molecule has 0 aromatic carbocycles. The topological polar surface area (TPSA) is 58.4 Å². The van der Waals surface area contributed by atoms with E-state index in [4.69, 9.17) is 5.73 Å². The maximum Gasteiger partial charge on any atom is 0.209 e. The van der Waals surface area contributed by atoms with E-state index in [0.717, 1.165) is 38.9 Å². The molecule has 142 valence electrons. The van der Waals surface area contributed by atoms with Crippen LogP contribution in [0.2, 0.25) is 0 Å². The lowest BCUT2D eigenvalue weighted by molar-refractivity contribution is -0.118. The third-order valence-corrected chi connectivity index (χ3v) is 2.00. The Labute approximate surface area is 147 Å². The van der Waals surface area contributed by atoms with Gasteiger partial charge < -0.3 is 16.0 Å². The summed E-state index contributed by atoms with van der Waals surface area (Å²) in [7, 11) is 1.91. The summed E-state index contributed by atoms with van der Waals surface area (Å²) in [5.41, 5.74) is 5.33. The van der Waals surface area contributed by atoms with E-state index < -0.39 is 0 Å². The maximum absolute atomic E-state index is 10.5. The number of carbonyl (C=O) groups excluding carboxylic acids is 1. The zero-order valence-corrected chi connectivity index (χ0v) is 17.2. The van der Waals surface area contributed by atoms with Crippen molar-refractivity contribution >= 4 is 6.41 Å². The van der Waals surface area contributed by atoms with Gasteiger partial charge in [-0.15, -0.1) is 6.58 Å². The van der Waals surface area contributed by atoms with Crippen molar-refractivity contribution in [3.63, 3.8) is 0 Å². The molecule has 0 heterocycles. The van der Waals surface area contributed by atoms with Crippen molar-refractivity contribution in [1.82, 2.24) is 10.2 Å². The lowest BCUT2D eigenvalue weighted by Gasteiger charge is -2.16. The lowest BCUT2D eigenvalue weighted by Crippen LogP contribution is -2.27. The van der Waals surface area contributed by atoms with Gasteiger partial charge in [0.1, 0.15) is 0 Å². The van der Waals surface area contributed by atoms with E-state index in [2.05, 4.69) is 11.9 Å². The van der Waals surface area contributed by atoms with E-state index in [1.54, 1.807) is 11.0 Å². The summed E-state index contributed by atoms with van der Waals surface area (Å²) in [5.74, 6) is 0. The van der Waals surface area contributed by atoms with Crippen molar-refractivity contribution < 1.29 is 4.79 Å². The second-order valence-corrected chi connectivity index (χ2v) is 3.82. The Kier molecular flexibility index (Phi) is 72.4. The Hall–Kier alpha value is -1.13. The smallest absolute Gasteiger partial charge is 0.209 e. The molecule has 23 heavy (non-hydrogen) atoms. The van der Waals surface area contributed by atoms with Crippen molar-refractivity contribution in [1.29, 1.82) is 0 Å². The molecule has 0 bridgehead atoms. The highest BCUT2D eigenvalue weighted by Crippen LogP contribution is 1.88. The van der Waals surface area contributed by atoms with Crippen LogP contribution in [0, 0.1) is 0 Å². The summed E-state index contributed by atoms with van der Waals surface area (Å²) >= 11 is 0. The SMILES string of the molecule is C/C=C\C.C=CC.CC.CC.CNCCCN(C=O)CCCN. The highest BCUT2D eigenvalue weighted by atomic mass is 16.1. The zero-order chi connectivity index (χ0) is 19.4. The second kappa shape index (κ2) is 49.7. The van der Waals surface area contributed by atoms with Gasteiger partial charge in [0.05, 0.1) is 0 Å². The van der Waals surface area contributed by atoms with Crippen molar-refractivity contribution in [2.45, 2.75) is 61.3 Å². The van der Waals surface area contributed by atoms with Crippen LogP contribution in [0.25, 0.3) is 0 Å². The van der Waals surface area contributed by atoms with Gasteiger partial charge in [-0.2, -0.15) is 0 Å². The van der Waals surface area contributed by atoms with Crippen molar-refractivity contribution in [3.05, 3.63) is 24.8 Å². The van der Waals surface area contributed by atoms with E-state index in [9.17, 15) is 4.79 Å². The van der Waals surface area contributed by atoms with Gasteiger partial charge in [-0.1, -0.05) is 45.9 Å². The van der Waals surface area contributed by atoms with E-state index >= 15 is 0 Å². The fraction of sp³-hybridized carbons (Fsp3) is 0.737. The minimum Gasteiger partial charge on any atom is -0.345 e. The van der Waals surface area contributed by atoms with Crippen LogP contribution in [0.3, 0.4) is 0 Å². The first-order chi connectivity index (χ1) is 11.2. The molecule has 0 aromatic heterocycles. The maximum atomic E-state index is 10.5. The third kappa shape index (κ3) is 62.9. The molecule has 0 aromatic rings. The van der Waals surface area contributed by atoms with Crippen LogP contribution in [-0.4, -0.2) is 44.5 Å². The number of amides is 1. The summed E-state index contributed by atoms with van der Waals surface area (Å²) < 4.78 is 0. The van der Waals surface area contributed by atoms with Crippen molar-refractivity contribution in [2.75, 3.05) is 33.2 Å². The molecule has 0 rings (SSSR count). The van der Waals surface area contributed by atoms with Gasteiger partial charge in [0.2, 0.25) is 6.41 Å². The van der Waals surface area contributed by atoms with Gasteiger partial charge >= 0.3 is 0 Å². The van der Waals surface area contributed by atoms with E-state index in [-0.39, 0.29) is 0 Å².